The Balaban J connectivity index is 1.51. The van der Waals surface area contributed by atoms with Gasteiger partial charge in [-0.25, -0.2) is 0 Å². The van der Waals surface area contributed by atoms with Crippen molar-refractivity contribution in [1.82, 2.24) is 9.47 Å². The van der Waals surface area contributed by atoms with Crippen molar-refractivity contribution in [3.05, 3.63) is 52.8 Å². The average Bonchev–Trinajstić information content (AvgIpc) is 3.13. The summed E-state index contributed by atoms with van der Waals surface area (Å²) < 4.78 is 19.2. The molecule has 1 saturated heterocycles. The van der Waals surface area contributed by atoms with Gasteiger partial charge in [0.1, 0.15) is 0 Å². The molecule has 0 spiro atoms. The number of hydrogen-bond donors (Lipinski definition) is 0. The first-order chi connectivity index (χ1) is 15.1. The van der Waals surface area contributed by atoms with E-state index in [2.05, 4.69) is 4.99 Å². The highest BCUT2D eigenvalue weighted by atomic mass is 32.1. The molecule has 162 valence electrons. The summed E-state index contributed by atoms with van der Waals surface area (Å²) in [6.45, 7) is 2.08. The molecule has 1 aliphatic heterocycles. The maximum absolute atomic E-state index is 12.8. The number of morpholine rings is 1. The lowest BCUT2D eigenvalue weighted by atomic mass is 10.2. The van der Waals surface area contributed by atoms with Gasteiger partial charge in [-0.15, -0.1) is 0 Å². The van der Waals surface area contributed by atoms with Crippen LogP contribution in [0.4, 0.5) is 0 Å². The molecule has 4 rings (SSSR count). The minimum Gasteiger partial charge on any atom is -0.493 e. The van der Waals surface area contributed by atoms with Gasteiger partial charge in [0.25, 0.3) is 11.8 Å². The number of para-hydroxylation sites is 1. The van der Waals surface area contributed by atoms with Crippen molar-refractivity contribution in [2.75, 3.05) is 40.0 Å². The van der Waals surface area contributed by atoms with E-state index in [0.29, 0.717) is 48.2 Å². The van der Waals surface area contributed by atoms with Crippen LogP contribution in [-0.4, -0.2) is 61.3 Å². The van der Waals surface area contributed by atoms with Crippen molar-refractivity contribution in [1.29, 1.82) is 0 Å². The van der Waals surface area contributed by atoms with Gasteiger partial charge in [-0.2, -0.15) is 4.99 Å². The summed E-state index contributed by atoms with van der Waals surface area (Å²) >= 11 is 1.45. The van der Waals surface area contributed by atoms with E-state index in [-0.39, 0.29) is 18.4 Å². The van der Waals surface area contributed by atoms with Crippen molar-refractivity contribution in [3.63, 3.8) is 0 Å². The summed E-state index contributed by atoms with van der Waals surface area (Å²) in [6, 6.07) is 12.7. The third-order valence-electron chi connectivity index (χ3n) is 5.04. The fraction of sp³-hybridized carbons (Fsp3) is 0.318. The van der Waals surface area contributed by atoms with Gasteiger partial charge in [0.15, 0.2) is 22.9 Å². The summed E-state index contributed by atoms with van der Waals surface area (Å²) in [5, 5.41) is 0. The lowest BCUT2D eigenvalue weighted by Crippen LogP contribution is -2.43. The zero-order valence-electron chi connectivity index (χ0n) is 17.4. The number of carbonyl (C=O) groups excluding carboxylic acids is 2. The molecule has 2 heterocycles. The SMILES string of the molecule is COc1cc(C(=O)N=c2sc3ccccc3n2C)ccc1OCC(=O)N1CCOCC1. The minimum atomic E-state index is -0.378. The predicted octanol–water partition coefficient (Wildman–Crippen LogP) is 2.23. The van der Waals surface area contributed by atoms with Crippen molar-refractivity contribution in [3.8, 4) is 11.5 Å². The molecule has 0 saturated carbocycles. The molecule has 3 aromatic rings. The third-order valence-corrected chi connectivity index (χ3v) is 6.15. The number of carbonyl (C=O) groups is 2. The minimum absolute atomic E-state index is 0.106. The van der Waals surface area contributed by atoms with Gasteiger partial charge in [0.2, 0.25) is 0 Å². The molecule has 1 aromatic heterocycles. The summed E-state index contributed by atoms with van der Waals surface area (Å²) in [4.78, 5) is 31.6. The van der Waals surface area contributed by atoms with Crippen LogP contribution in [0.1, 0.15) is 10.4 Å². The molecular weight excluding hydrogens is 418 g/mol. The number of amides is 2. The molecule has 0 N–H and O–H groups in total. The molecule has 0 radical (unpaired) electrons. The molecule has 9 heteroatoms. The number of aryl methyl sites for hydroxylation is 1. The lowest BCUT2D eigenvalue weighted by Gasteiger charge is -2.26. The van der Waals surface area contributed by atoms with E-state index in [1.54, 1.807) is 23.1 Å². The summed E-state index contributed by atoms with van der Waals surface area (Å²) in [7, 11) is 3.37. The smallest absolute Gasteiger partial charge is 0.279 e. The van der Waals surface area contributed by atoms with Crippen LogP contribution in [-0.2, 0) is 16.6 Å². The van der Waals surface area contributed by atoms with Crippen LogP contribution in [0, 0.1) is 0 Å². The Labute approximate surface area is 183 Å². The van der Waals surface area contributed by atoms with Crippen molar-refractivity contribution < 1.29 is 23.8 Å². The topological polar surface area (TPSA) is 82.4 Å². The second kappa shape index (κ2) is 9.32. The van der Waals surface area contributed by atoms with Crippen LogP contribution in [0.15, 0.2) is 47.5 Å². The van der Waals surface area contributed by atoms with Crippen molar-refractivity contribution in [2.45, 2.75) is 0 Å². The Hall–Kier alpha value is -3.17. The largest absolute Gasteiger partial charge is 0.493 e. The second-order valence-corrected chi connectivity index (χ2v) is 7.98. The molecule has 1 aliphatic rings. The van der Waals surface area contributed by atoms with Crippen molar-refractivity contribution in [2.24, 2.45) is 12.0 Å². The van der Waals surface area contributed by atoms with E-state index < -0.39 is 0 Å². The van der Waals surface area contributed by atoms with Crippen LogP contribution in [0.25, 0.3) is 10.2 Å². The zero-order valence-corrected chi connectivity index (χ0v) is 18.2. The van der Waals surface area contributed by atoms with Crippen LogP contribution >= 0.6 is 11.3 Å². The Morgan fingerprint density at radius 1 is 1.13 bits per heavy atom. The van der Waals surface area contributed by atoms with Crippen LogP contribution < -0.4 is 14.3 Å². The highest BCUT2D eigenvalue weighted by Crippen LogP contribution is 2.28. The number of methoxy groups -OCH3 is 1. The van der Waals surface area contributed by atoms with E-state index >= 15 is 0 Å². The van der Waals surface area contributed by atoms with Crippen LogP contribution in [0.5, 0.6) is 11.5 Å². The van der Waals surface area contributed by atoms with Gasteiger partial charge >= 0.3 is 0 Å². The third kappa shape index (κ3) is 4.62. The Kier molecular flexibility index (Phi) is 6.34. The normalized spacial score (nSPS) is 14.6. The number of nitrogens with zero attached hydrogens (tertiary/aromatic N) is 3. The standard InChI is InChI=1S/C22H23N3O5S/c1-24-16-5-3-4-6-19(16)31-22(24)23-21(27)15-7-8-17(18(13-15)28-2)30-14-20(26)25-9-11-29-12-10-25/h3-8,13H,9-12,14H2,1-2H3. The number of ether oxygens (including phenoxy) is 3. The molecule has 2 aromatic carbocycles. The highest BCUT2D eigenvalue weighted by molar-refractivity contribution is 7.16. The van der Waals surface area contributed by atoms with E-state index in [4.69, 9.17) is 14.2 Å². The molecular formula is C22H23N3O5S. The van der Waals surface area contributed by atoms with Gasteiger partial charge in [0, 0.05) is 25.7 Å². The van der Waals surface area contributed by atoms with Gasteiger partial charge in [0.05, 0.1) is 30.5 Å². The van der Waals surface area contributed by atoms with Gasteiger partial charge in [-0.05, 0) is 30.3 Å². The molecule has 0 bridgehead atoms. The lowest BCUT2D eigenvalue weighted by molar-refractivity contribution is -0.137. The number of thiazole rings is 1. The maximum Gasteiger partial charge on any atom is 0.279 e. The van der Waals surface area contributed by atoms with Gasteiger partial charge < -0.3 is 23.7 Å². The summed E-state index contributed by atoms with van der Waals surface area (Å²) in [5.74, 6) is 0.277. The molecule has 2 amide bonds. The molecule has 31 heavy (non-hydrogen) atoms. The zero-order chi connectivity index (χ0) is 21.8. The Morgan fingerprint density at radius 3 is 2.65 bits per heavy atom. The molecule has 0 unspecified atom stereocenters. The summed E-state index contributed by atoms with van der Waals surface area (Å²) in [6.07, 6.45) is 0. The molecule has 0 atom stereocenters. The number of rotatable bonds is 5. The second-order valence-electron chi connectivity index (χ2n) is 6.98. The predicted molar refractivity (Wildman–Crippen MR) is 117 cm³/mol. The fourth-order valence-corrected chi connectivity index (χ4v) is 4.32. The first-order valence-electron chi connectivity index (χ1n) is 9.87. The first-order valence-corrected chi connectivity index (χ1v) is 10.7. The average molecular weight is 442 g/mol. The number of benzene rings is 2. The Bertz CT molecular complexity index is 1180. The Morgan fingerprint density at radius 2 is 1.90 bits per heavy atom. The molecule has 1 fully saturated rings. The summed E-state index contributed by atoms with van der Waals surface area (Å²) in [5.41, 5.74) is 1.39. The first kappa shape index (κ1) is 21.1. The van der Waals surface area contributed by atoms with Crippen LogP contribution in [0.3, 0.4) is 0 Å². The maximum atomic E-state index is 12.8. The van der Waals surface area contributed by atoms with Crippen molar-refractivity contribution >= 4 is 33.4 Å². The molecule has 0 aliphatic carbocycles. The van der Waals surface area contributed by atoms with E-state index in [0.717, 1.165) is 10.2 Å². The van der Waals surface area contributed by atoms with E-state index in [9.17, 15) is 9.59 Å². The molecule has 8 nitrogen and oxygen atoms in total. The monoisotopic (exact) mass is 441 g/mol. The number of fused-ring (bicyclic) bond motifs is 1. The highest BCUT2D eigenvalue weighted by Gasteiger charge is 2.18. The van der Waals surface area contributed by atoms with E-state index in [1.165, 1.54) is 18.4 Å². The van der Waals surface area contributed by atoms with E-state index in [1.807, 2.05) is 35.9 Å². The van der Waals surface area contributed by atoms with Gasteiger partial charge in [-0.3, -0.25) is 9.59 Å². The quantitative estimate of drug-likeness (QED) is 0.607. The number of aromatic nitrogens is 1. The number of hydrogen-bond acceptors (Lipinski definition) is 6. The van der Waals surface area contributed by atoms with Crippen LogP contribution in [0.2, 0.25) is 0 Å². The van der Waals surface area contributed by atoms with Gasteiger partial charge in [-0.1, -0.05) is 23.5 Å². The fourth-order valence-electron chi connectivity index (χ4n) is 3.30.